The van der Waals surface area contributed by atoms with Crippen molar-refractivity contribution in [2.24, 2.45) is 0 Å². The Kier molecular flexibility index (Phi) is 5.12. The van der Waals surface area contributed by atoms with Crippen LogP contribution in [0.1, 0.15) is 22.4 Å². The maximum absolute atomic E-state index is 12.3. The van der Waals surface area contributed by atoms with Gasteiger partial charge in [0.2, 0.25) is 0 Å². The van der Waals surface area contributed by atoms with Crippen molar-refractivity contribution in [2.45, 2.75) is 19.0 Å². The predicted octanol–water partition coefficient (Wildman–Crippen LogP) is 2.76. The normalized spacial score (nSPS) is 12.6. The number of hydrogen-bond acceptors (Lipinski definition) is 6. The van der Waals surface area contributed by atoms with E-state index in [1.54, 1.807) is 12.1 Å². The molecule has 3 rings (SSSR count). The topological polar surface area (TPSA) is 102 Å². The minimum atomic E-state index is -4.83. The zero-order valence-electron chi connectivity index (χ0n) is 13.6. The summed E-state index contributed by atoms with van der Waals surface area (Å²) in [5.74, 6) is -0.818. The third-order valence-corrected chi connectivity index (χ3v) is 3.33. The Morgan fingerprint density at radius 2 is 2.15 bits per heavy atom. The number of nitrogens with one attached hydrogen (secondary N) is 1. The Morgan fingerprint density at radius 1 is 1.33 bits per heavy atom. The van der Waals surface area contributed by atoms with Crippen LogP contribution < -0.4 is 10.1 Å². The molecule has 142 valence electrons. The SMILES string of the molecule is O=C(Nc1cccc(OC(F)(F)F)c1)c1cn(C[C@H](O)c2ccco2)nn1. The number of aromatic nitrogens is 3. The average molecular weight is 382 g/mol. The van der Waals surface area contributed by atoms with Gasteiger partial charge < -0.3 is 19.6 Å². The molecule has 0 aliphatic carbocycles. The van der Waals surface area contributed by atoms with Crippen LogP contribution in [0.3, 0.4) is 0 Å². The highest BCUT2D eigenvalue weighted by Gasteiger charge is 2.31. The smallest absolute Gasteiger partial charge is 0.467 e. The fourth-order valence-corrected chi connectivity index (χ4v) is 2.21. The summed E-state index contributed by atoms with van der Waals surface area (Å²) in [5, 5.41) is 19.8. The van der Waals surface area contributed by atoms with Crippen LogP contribution in [0, 0.1) is 0 Å². The van der Waals surface area contributed by atoms with Gasteiger partial charge in [0.05, 0.1) is 19.0 Å². The van der Waals surface area contributed by atoms with E-state index >= 15 is 0 Å². The number of carbonyl (C=O) groups is 1. The molecule has 1 amide bonds. The molecule has 0 spiro atoms. The Hall–Kier alpha value is -3.34. The van der Waals surface area contributed by atoms with Gasteiger partial charge in [0, 0.05) is 11.8 Å². The lowest BCUT2D eigenvalue weighted by Crippen LogP contribution is -2.17. The highest BCUT2D eigenvalue weighted by molar-refractivity contribution is 6.02. The second-order valence-electron chi connectivity index (χ2n) is 5.39. The lowest BCUT2D eigenvalue weighted by Gasteiger charge is -2.10. The van der Waals surface area contributed by atoms with Crippen LogP contribution in [0.2, 0.25) is 0 Å². The summed E-state index contributed by atoms with van der Waals surface area (Å²) in [7, 11) is 0. The molecular weight excluding hydrogens is 369 g/mol. The molecule has 2 aromatic heterocycles. The number of amides is 1. The molecule has 1 atom stereocenters. The molecule has 1 aromatic carbocycles. The number of anilines is 1. The van der Waals surface area contributed by atoms with Gasteiger partial charge in [-0.2, -0.15) is 0 Å². The van der Waals surface area contributed by atoms with Gasteiger partial charge in [0.1, 0.15) is 17.6 Å². The maximum atomic E-state index is 12.3. The maximum Gasteiger partial charge on any atom is 0.573 e. The lowest BCUT2D eigenvalue weighted by atomic mass is 10.3. The standard InChI is InChI=1S/C16H13F3N4O4/c17-16(18,19)27-11-4-1-3-10(7-11)20-15(25)12-8-23(22-21-12)9-13(24)14-5-2-6-26-14/h1-8,13,24H,9H2,(H,20,25)/t13-/m0/s1. The Balaban J connectivity index is 1.63. The first-order chi connectivity index (χ1) is 12.8. The van der Waals surface area contributed by atoms with Crippen LogP contribution in [-0.4, -0.2) is 32.4 Å². The van der Waals surface area contributed by atoms with E-state index in [0.29, 0.717) is 5.76 Å². The van der Waals surface area contributed by atoms with Crippen molar-refractivity contribution >= 4 is 11.6 Å². The number of hydrogen-bond donors (Lipinski definition) is 2. The molecule has 11 heteroatoms. The van der Waals surface area contributed by atoms with Gasteiger partial charge in [-0.15, -0.1) is 18.3 Å². The van der Waals surface area contributed by atoms with Gasteiger partial charge >= 0.3 is 6.36 Å². The van der Waals surface area contributed by atoms with Gasteiger partial charge in [-0.3, -0.25) is 4.79 Å². The monoisotopic (exact) mass is 382 g/mol. The number of alkyl halides is 3. The van der Waals surface area contributed by atoms with Crippen molar-refractivity contribution < 1.29 is 32.2 Å². The Bertz CT molecular complexity index is 909. The van der Waals surface area contributed by atoms with Crippen molar-refractivity contribution in [3.63, 3.8) is 0 Å². The summed E-state index contributed by atoms with van der Waals surface area (Å²) in [5.41, 5.74) is 0.00991. The second kappa shape index (κ2) is 7.50. The van der Waals surface area contributed by atoms with Crippen LogP contribution in [0.15, 0.2) is 53.3 Å². The van der Waals surface area contributed by atoms with Crippen LogP contribution in [0.5, 0.6) is 5.75 Å². The largest absolute Gasteiger partial charge is 0.573 e. The molecule has 27 heavy (non-hydrogen) atoms. The fraction of sp³-hybridized carbons (Fsp3) is 0.188. The number of ether oxygens (including phenoxy) is 1. The van der Waals surface area contributed by atoms with Gasteiger partial charge in [-0.05, 0) is 24.3 Å². The Labute approximate surface area is 150 Å². The summed E-state index contributed by atoms with van der Waals surface area (Å²) in [6.45, 7) is 0.00268. The van der Waals surface area contributed by atoms with E-state index < -0.39 is 24.1 Å². The van der Waals surface area contributed by atoms with Crippen LogP contribution >= 0.6 is 0 Å². The van der Waals surface area contributed by atoms with Crippen LogP contribution in [-0.2, 0) is 6.54 Å². The molecule has 0 bridgehead atoms. The first kappa shape index (κ1) is 18.5. The number of aliphatic hydroxyl groups is 1. The van der Waals surface area contributed by atoms with E-state index in [1.165, 1.54) is 29.3 Å². The summed E-state index contributed by atoms with van der Waals surface area (Å²) >= 11 is 0. The van der Waals surface area contributed by atoms with E-state index in [2.05, 4.69) is 20.4 Å². The molecule has 2 N–H and O–H groups in total. The third kappa shape index (κ3) is 5.07. The predicted molar refractivity (Wildman–Crippen MR) is 84.8 cm³/mol. The van der Waals surface area contributed by atoms with Crippen molar-refractivity contribution in [3.8, 4) is 5.75 Å². The second-order valence-corrected chi connectivity index (χ2v) is 5.39. The van der Waals surface area contributed by atoms with Crippen molar-refractivity contribution in [1.82, 2.24) is 15.0 Å². The number of carbonyl (C=O) groups excluding carboxylic acids is 1. The number of rotatable bonds is 6. The first-order valence-electron chi connectivity index (χ1n) is 7.59. The van der Waals surface area contributed by atoms with Crippen LogP contribution in [0.25, 0.3) is 0 Å². The number of nitrogens with zero attached hydrogens (tertiary/aromatic N) is 3. The minimum Gasteiger partial charge on any atom is -0.467 e. The molecule has 0 saturated heterocycles. The van der Waals surface area contributed by atoms with Gasteiger partial charge in [0.25, 0.3) is 5.91 Å². The zero-order chi connectivity index (χ0) is 19.4. The number of benzene rings is 1. The van der Waals surface area contributed by atoms with E-state index in [1.807, 2.05) is 0 Å². The van der Waals surface area contributed by atoms with E-state index in [9.17, 15) is 23.1 Å². The number of halogens is 3. The molecule has 0 aliphatic rings. The lowest BCUT2D eigenvalue weighted by molar-refractivity contribution is -0.274. The van der Waals surface area contributed by atoms with E-state index in [4.69, 9.17) is 4.42 Å². The van der Waals surface area contributed by atoms with Crippen molar-refractivity contribution in [1.29, 1.82) is 0 Å². The molecule has 8 nitrogen and oxygen atoms in total. The summed E-state index contributed by atoms with van der Waals surface area (Å²) < 4.78 is 46.9. The fourth-order valence-electron chi connectivity index (χ4n) is 2.21. The minimum absolute atomic E-state index is 0.00268. The summed E-state index contributed by atoms with van der Waals surface area (Å²) in [6.07, 6.45) is -3.11. The highest BCUT2D eigenvalue weighted by Crippen LogP contribution is 2.25. The van der Waals surface area contributed by atoms with Crippen LogP contribution in [0.4, 0.5) is 18.9 Å². The molecule has 0 unspecified atom stereocenters. The molecule has 0 radical (unpaired) electrons. The van der Waals surface area contributed by atoms with Gasteiger partial charge in [-0.1, -0.05) is 11.3 Å². The van der Waals surface area contributed by atoms with E-state index in [0.717, 1.165) is 12.1 Å². The molecule has 2 heterocycles. The third-order valence-electron chi connectivity index (χ3n) is 3.33. The molecule has 0 saturated carbocycles. The van der Waals surface area contributed by atoms with Gasteiger partial charge in [0.15, 0.2) is 5.69 Å². The number of furan rings is 1. The highest BCUT2D eigenvalue weighted by atomic mass is 19.4. The van der Waals surface area contributed by atoms with E-state index in [-0.39, 0.29) is 17.9 Å². The zero-order valence-corrected chi connectivity index (χ0v) is 13.6. The van der Waals surface area contributed by atoms with Crippen molar-refractivity contribution in [2.75, 3.05) is 5.32 Å². The summed E-state index contributed by atoms with van der Waals surface area (Å²) in [4.78, 5) is 12.2. The Morgan fingerprint density at radius 3 is 2.85 bits per heavy atom. The van der Waals surface area contributed by atoms with Crippen molar-refractivity contribution in [3.05, 3.63) is 60.3 Å². The molecule has 0 aliphatic heterocycles. The quantitative estimate of drug-likeness (QED) is 0.680. The first-order valence-corrected chi connectivity index (χ1v) is 7.59. The molecule has 3 aromatic rings. The molecular formula is C16H13F3N4O4. The summed E-state index contributed by atoms with van der Waals surface area (Å²) in [6, 6.07) is 8.03. The van der Waals surface area contributed by atoms with Gasteiger partial charge in [-0.25, -0.2) is 4.68 Å². The molecule has 0 fully saturated rings. The average Bonchev–Trinajstić information content (AvgIpc) is 3.25. The number of aliphatic hydroxyl groups excluding tert-OH is 1.